The fourth-order valence-corrected chi connectivity index (χ4v) is 3.86. The van der Waals surface area contributed by atoms with Crippen molar-refractivity contribution >= 4 is 0 Å². The number of nitrogens with zero attached hydrogens (tertiary/aromatic N) is 1. The number of ether oxygens (including phenoxy) is 1. The minimum absolute atomic E-state index is 0.126. The lowest BCUT2D eigenvalue weighted by atomic mass is 9.90. The van der Waals surface area contributed by atoms with Gasteiger partial charge in [0.15, 0.2) is 11.6 Å². The second kappa shape index (κ2) is 9.43. The number of halogens is 3. The number of benzene rings is 2. The molecule has 1 aliphatic rings. The van der Waals surface area contributed by atoms with Crippen LogP contribution in [-0.4, -0.2) is 37.7 Å². The van der Waals surface area contributed by atoms with Crippen molar-refractivity contribution in [3.63, 3.8) is 0 Å². The lowest BCUT2D eigenvalue weighted by molar-refractivity contribution is 0.201. The molecule has 28 heavy (non-hydrogen) atoms. The molecule has 152 valence electrons. The molecule has 0 amide bonds. The molecule has 3 rings (SSSR count). The Kier molecular flexibility index (Phi) is 6.97. The Bertz CT molecular complexity index is 782. The van der Waals surface area contributed by atoms with Gasteiger partial charge in [0.05, 0.1) is 7.11 Å². The van der Waals surface area contributed by atoms with Crippen LogP contribution in [0.3, 0.4) is 0 Å². The van der Waals surface area contributed by atoms with Crippen LogP contribution >= 0.6 is 0 Å². The highest BCUT2D eigenvalue weighted by Gasteiger charge is 2.22. The van der Waals surface area contributed by atoms with E-state index in [0.717, 1.165) is 44.3 Å². The Morgan fingerprint density at radius 3 is 2.54 bits per heavy atom. The summed E-state index contributed by atoms with van der Waals surface area (Å²) in [5.41, 5.74) is 7.56. The summed E-state index contributed by atoms with van der Waals surface area (Å²) in [5.74, 6) is -1.63. The lowest BCUT2D eigenvalue weighted by Crippen LogP contribution is -2.38. The van der Waals surface area contributed by atoms with Gasteiger partial charge in [0.2, 0.25) is 0 Å². The predicted molar refractivity (Wildman–Crippen MR) is 104 cm³/mol. The maximum atomic E-state index is 13.8. The normalized spacial score (nSPS) is 18.8. The molecule has 0 aliphatic carbocycles. The van der Waals surface area contributed by atoms with E-state index in [1.165, 1.54) is 5.56 Å². The van der Waals surface area contributed by atoms with E-state index in [-0.39, 0.29) is 18.0 Å². The van der Waals surface area contributed by atoms with Crippen molar-refractivity contribution in [2.45, 2.75) is 37.6 Å². The monoisotopic (exact) mass is 392 g/mol. The van der Waals surface area contributed by atoms with E-state index in [9.17, 15) is 13.2 Å². The van der Waals surface area contributed by atoms with Gasteiger partial charge < -0.3 is 15.4 Å². The third-order valence-corrected chi connectivity index (χ3v) is 5.48. The summed E-state index contributed by atoms with van der Waals surface area (Å²) in [4.78, 5) is 2.37. The number of methoxy groups -OCH3 is 1. The van der Waals surface area contributed by atoms with E-state index in [4.69, 9.17) is 10.5 Å². The van der Waals surface area contributed by atoms with Crippen LogP contribution in [0.4, 0.5) is 13.2 Å². The van der Waals surface area contributed by atoms with Crippen LogP contribution in [0.5, 0.6) is 5.75 Å². The van der Waals surface area contributed by atoms with Crippen LogP contribution < -0.4 is 10.5 Å². The maximum Gasteiger partial charge on any atom is 0.161 e. The largest absolute Gasteiger partial charge is 0.497 e. The molecule has 1 aliphatic heterocycles. The number of nitrogens with two attached hydrogens (primary N) is 1. The van der Waals surface area contributed by atoms with Gasteiger partial charge in [0.1, 0.15) is 11.6 Å². The first-order valence-electron chi connectivity index (χ1n) is 9.71. The molecule has 1 heterocycles. The molecular formula is C22H27F3N2O. The fourth-order valence-electron chi connectivity index (χ4n) is 3.86. The van der Waals surface area contributed by atoms with Crippen LogP contribution in [0, 0.1) is 17.5 Å². The zero-order chi connectivity index (χ0) is 20.1. The number of hydrogen-bond acceptors (Lipinski definition) is 3. The topological polar surface area (TPSA) is 38.5 Å². The molecule has 0 radical (unpaired) electrons. The van der Waals surface area contributed by atoms with E-state index >= 15 is 0 Å². The van der Waals surface area contributed by atoms with Crippen molar-refractivity contribution in [2.75, 3.05) is 26.7 Å². The van der Waals surface area contributed by atoms with Gasteiger partial charge >= 0.3 is 0 Å². The molecule has 2 N–H and O–H groups in total. The SMILES string of the molecule is COc1ccc(C2CCCN(CCC(N)Cc3cc(F)c(F)cc3F)C2)cc1. The first kappa shape index (κ1) is 20.7. The number of rotatable bonds is 7. The molecule has 0 saturated carbocycles. The Hall–Kier alpha value is -2.05. The molecule has 3 nitrogen and oxygen atoms in total. The van der Waals surface area contributed by atoms with Gasteiger partial charge in [-0.15, -0.1) is 0 Å². The summed E-state index contributed by atoms with van der Waals surface area (Å²) >= 11 is 0. The van der Waals surface area contributed by atoms with Gasteiger partial charge in [-0.25, -0.2) is 13.2 Å². The smallest absolute Gasteiger partial charge is 0.161 e. The third-order valence-electron chi connectivity index (χ3n) is 5.48. The molecule has 0 spiro atoms. The summed E-state index contributed by atoms with van der Waals surface area (Å²) in [6.07, 6.45) is 3.13. The van der Waals surface area contributed by atoms with Gasteiger partial charge in [-0.3, -0.25) is 0 Å². The fraction of sp³-hybridized carbons (Fsp3) is 0.455. The first-order valence-corrected chi connectivity index (χ1v) is 9.71. The summed E-state index contributed by atoms with van der Waals surface area (Å²) in [6, 6.07) is 9.39. The van der Waals surface area contributed by atoms with Crippen molar-refractivity contribution < 1.29 is 17.9 Å². The van der Waals surface area contributed by atoms with Crippen LogP contribution in [0.2, 0.25) is 0 Å². The van der Waals surface area contributed by atoms with Crippen LogP contribution in [0.25, 0.3) is 0 Å². The van der Waals surface area contributed by atoms with Gasteiger partial charge in [-0.05, 0) is 74.0 Å². The Morgan fingerprint density at radius 1 is 1.11 bits per heavy atom. The van der Waals surface area contributed by atoms with Crippen molar-refractivity contribution in [3.05, 3.63) is 65.0 Å². The molecule has 2 unspecified atom stereocenters. The zero-order valence-electron chi connectivity index (χ0n) is 16.1. The van der Waals surface area contributed by atoms with Crippen LogP contribution in [0.15, 0.2) is 36.4 Å². The van der Waals surface area contributed by atoms with Gasteiger partial charge in [-0.2, -0.15) is 0 Å². The van der Waals surface area contributed by atoms with Gasteiger partial charge in [-0.1, -0.05) is 12.1 Å². The van der Waals surface area contributed by atoms with E-state index in [0.29, 0.717) is 18.4 Å². The molecular weight excluding hydrogens is 365 g/mol. The maximum absolute atomic E-state index is 13.8. The van der Waals surface area contributed by atoms with E-state index < -0.39 is 17.5 Å². The minimum Gasteiger partial charge on any atom is -0.497 e. The number of hydrogen-bond donors (Lipinski definition) is 1. The summed E-state index contributed by atoms with van der Waals surface area (Å²) in [5, 5.41) is 0. The van der Waals surface area contributed by atoms with Crippen molar-refractivity contribution in [3.8, 4) is 5.75 Å². The third kappa shape index (κ3) is 5.26. The molecule has 1 saturated heterocycles. The Morgan fingerprint density at radius 2 is 1.82 bits per heavy atom. The quantitative estimate of drug-likeness (QED) is 0.716. The second-order valence-electron chi connectivity index (χ2n) is 7.52. The van der Waals surface area contributed by atoms with Crippen LogP contribution in [0.1, 0.15) is 36.3 Å². The Balaban J connectivity index is 1.51. The lowest BCUT2D eigenvalue weighted by Gasteiger charge is -2.33. The minimum atomic E-state index is -1.17. The summed E-state index contributed by atoms with van der Waals surface area (Å²) in [7, 11) is 1.66. The molecule has 1 fully saturated rings. The molecule has 0 aromatic heterocycles. The summed E-state index contributed by atoms with van der Waals surface area (Å²) < 4.78 is 45.4. The molecule has 0 bridgehead atoms. The van der Waals surface area contributed by atoms with Crippen molar-refractivity contribution in [2.24, 2.45) is 5.73 Å². The van der Waals surface area contributed by atoms with Crippen molar-refractivity contribution in [1.82, 2.24) is 4.90 Å². The molecule has 2 atom stereocenters. The van der Waals surface area contributed by atoms with Crippen LogP contribution in [-0.2, 0) is 6.42 Å². The highest BCUT2D eigenvalue weighted by atomic mass is 19.2. The standard InChI is InChI=1S/C22H27F3N2O/c1-28-19-6-4-15(5-7-19)16-3-2-9-27(14-16)10-8-18(26)11-17-12-21(24)22(25)13-20(17)23/h4-7,12-13,16,18H,2-3,8-11,14,26H2,1H3. The number of piperidine rings is 1. The summed E-state index contributed by atoms with van der Waals surface area (Å²) in [6.45, 7) is 2.77. The Labute approximate surface area is 164 Å². The average Bonchev–Trinajstić information content (AvgIpc) is 2.71. The van der Waals surface area contributed by atoms with Gasteiger partial charge in [0, 0.05) is 18.7 Å². The van der Waals surface area contributed by atoms with Gasteiger partial charge in [0.25, 0.3) is 0 Å². The number of likely N-dealkylation sites (tertiary alicyclic amines) is 1. The predicted octanol–water partition coefficient (Wildman–Crippen LogP) is 4.25. The molecule has 2 aromatic rings. The first-order chi connectivity index (χ1) is 13.5. The highest BCUT2D eigenvalue weighted by molar-refractivity contribution is 5.29. The van der Waals surface area contributed by atoms with E-state index in [2.05, 4.69) is 17.0 Å². The van der Waals surface area contributed by atoms with Crippen molar-refractivity contribution in [1.29, 1.82) is 0 Å². The highest BCUT2D eigenvalue weighted by Crippen LogP contribution is 2.28. The van der Waals surface area contributed by atoms with E-state index in [1.807, 2.05) is 12.1 Å². The zero-order valence-corrected chi connectivity index (χ0v) is 16.1. The second-order valence-corrected chi connectivity index (χ2v) is 7.52. The molecule has 2 aromatic carbocycles. The molecule has 6 heteroatoms. The average molecular weight is 392 g/mol. The van der Waals surface area contributed by atoms with E-state index in [1.54, 1.807) is 7.11 Å².